The Hall–Kier alpha value is -2.57. The Labute approximate surface area is 218 Å². The molecule has 0 unspecified atom stereocenters. The number of ether oxygens (including phenoxy) is 2. The van der Waals surface area contributed by atoms with Crippen molar-refractivity contribution in [3.63, 3.8) is 0 Å². The van der Waals surface area contributed by atoms with Gasteiger partial charge in [-0.25, -0.2) is 0 Å². The highest BCUT2D eigenvalue weighted by Crippen LogP contribution is 2.76. The van der Waals surface area contributed by atoms with E-state index in [1.165, 1.54) is 30.5 Å². The molecule has 2 aliphatic heterocycles. The SMILES string of the molecule is COc1ccc2c3c1O[C@H]1[C@@]4(O)CC[C@@]5(C[C@@H]4C(=O)NCc4ccccc4)[C@@H](C2)N(CC2CC2)CC[C@]315. The minimum absolute atomic E-state index is 0.0376. The van der Waals surface area contributed by atoms with Crippen LogP contribution in [0.4, 0.5) is 0 Å². The number of fused-ring (bicyclic) bond motifs is 2. The number of likely N-dealkylation sites (tertiary alicyclic amines) is 1. The summed E-state index contributed by atoms with van der Waals surface area (Å²) < 4.78 is 12.6. The molecule has 2 spiro atoms. The van der Waals surface area contributed by atoms with Gasteiger partial charge < -0.3 is 19.9 Å². The normalized spacial score (nSPS) is 38.6. The number of hydrogen-bond donors (Lipinski definition) is 2. The molecule has 6 atom stereocenters. The van der Waals surface area contributed by atoms with Gasteiger partial charge in [0.1, 0.15) is 11.7 Å². The monoisotopic (exact) mass is 500 g/mol. The molecule has 4 bridgehead atoms. The van der Waals surface area contributed by atoms with E-state index in [2.05, 4.69) is 16.3 Å². The van der Waals surface area contributed by atoms with E-state index in [1.807, 2.05) is 36.4 Å². The van der Waals surface area contributed by atoms with Gasteiger partial charge in [0.15, 0.2) is 11.5 Å². The van der Waals surface area contributed by atoms with E-state index in [-0.39, 0.29) is 16.7 Å². The molecule has 1 amide bonds. The molecule has 194 valence electrons. The van der Waals surface area contributed by atoms with Crippen LogP contribution in [-0.2, 0) is 23.2 Å². The fraction of sp³-hybridized carbons (Fsp3) is 0.581. The van der Waals surface area contributed by atoms with Crippen molar-refractivity contribution in [1.82, 2.24) is 10.2 Å². The van der Waals surface area contributed by atoms with Crippen LogP contribution in [0.15, 0.2) is 42.5 Å². The van der Waals surface area contributed by atoms with Crippen molar-refractivity contribution in [2.75, 3.05) is 20.2 Å². The van der Waals surface area contributed by atoms with E-state index >= 15 is 0 Å². The van der Waals surface area contributed by atoms with Gasteiger partial charge in [-0.3, -0.25) is 9.69 Å². The van der Waals surface area contributed by atoms with Gasteiger partial charge in [-0.15, -0.1) is 0 Å². The minimum atomic E-state index is -1.19. The predicted octanol–water partition coefficient (Wildman–Crippen LogP) is 3.58. The maximum atomic E-state index is 13.8. The van der Waals surface area contributed by atoms with Crippen LogP contribution >= 0.6 is 0 Å². The van der Waals surface area contributed by atoms with Gasteiger partial charge in [-0.2, -0.15) is 0 Å². The third-order valence-corrected chi connectivity index (χ3v) is 11.1. The van der Waals surface area contributed by atoms with Crippen molar-refractivity contribution in [2.45, 2.75) is 74.7 Å². The zero-order valence-corrected chi connectivity index (χ0v) is 21.5. The average molecular weight is 501 g/mol. The molecule has 2 aromatic rings. The van der Waals surface area contributed by atoms with Crippen molar-refractivity contribution in [3.8, 4) is 11.5 Å². The Kier molecular flexibility index (Phi) is 4.55. The van der Waals surface area contributed by atoms with Gasteiger partial charge in [0.25, 0.3) is 0 Å². The van der Waals surface area contributed by atoms with E-state index < -0.39 is 17.6 Å². The standard InChI is InChI=1S/C31H36N2O4/c1-36-23-10-9-21-15-24-29-11-12-31(35,22(16-29)27(34)32-17-19-5-3-2-4-6-19)28-30(29,25(21)26(23)37-28)13-14-33(24)18-20-7-8-20/h2-6,9-10,20,22,24,28,35H,7-8,11-18H2,1H3,(H,32,34)/t22-,24-,28-,29-,30+,31-/m1/s1. The zero-order valence-electron chi connectivity index (χ0n) is 21.5. The average Bonchev–Trinajstić information content (AvgIpc) is 3.66. The Balaban J connectivity index is 1.23. The molecule has 7 aliphatic rings. The lowest BCUT2D eigenvalue weighted by atomic mass is 9.35. The maximum Gasteiger partial charge on any atom is 0.226 e. The number of carbonyl (C=O) groups is 1. The van der Waals surface area contributed by atoms with E-state index in [0.717, 1.165) is 55.2 Å². The van der Waals surface area contributed by atoms with Crippen LogP contribution in [0.1, 0.15) is 55.2 Å². The van der Waals surface area contributed by atoms with E-state index in [4.69, 9.17) is 9.47 Å². The summed E-state index contributed by atoms with van der Waals surface area (Å²) >= 11 is 0. The molecular formula is C31H36N2O4. The molecule has 0 aromatic heterocycles. The van der Waals surface area contributed by atoms with Gasteiger partial charge in [-0.05, 0) is 74.6 Å². The zero-order chi connectivity index (χ0) is 25.0. The van der Waals surface area contributed by atoms with E-state index in [9.17, 15) is 9.90 Å². The fourth-order valence-electron chi connectivity index (χ4n) is 9.43. The number of piperidine rings is 1. The molecule has 1 saturated heterocycles. The lowest BCUT2D eigenvalue weighted by molar-refractivity contribution is -0.264. The van der Waals surface area contributed by atoms with Crippen molar-refractivity contribution in [3.05, 3.63) is 59.2 Å². The van der Waals surface area contributed by atoms with Crippen molar-refractivity contribution < 1.29 is 19.4 Å². The van der Waals surface area contributed by atoms with Crippen LogP contribution in [0.2, 0.25) is 0 Å². The Morgan fingerprint density at radius 2 is 2.00 bits per heavy atom. The second kappa shape index (κ2) is 7.51. The number of carbonyl (C=O) groups excluding carboxylic acids is 1. The summed E-state index contributed by atoms with van der Waals surface area (Å²) in [4.78, 5) is 16.6. The molecule has 6 nitrogen and oxygen atoms in total. The number of nitrogens with one attached hydrogen (secondary N) is 1. The summed E-state index contributed by atoms with van der Waals surface area (Å²) in [5.41, 5.74) is 2.20. The summed E-state index contributed by atoms with van der Waals surface area (Å²) in [5.74, 6) is 1.89. The third kappa shape index (κ3) is 2.76. The number of aliphatic hydroxyl groups is 1. The van der Waals surface area contributed by atoms with Gasteiger partial charge in [0.2, 0.25) is 5.91 Å². The topological polar surface area (TPSA) is 71.0 Å². The van der Waals surface area contributed by atoms with Crippen molar-refractivity contribution >= 4 is 5.91 Å². The lowest BCUT2D eigenvalue weighted by Gasteiger charge is -2.73. The first-order chi connectivity index (χ1) is 18.0. The molecule has 2 N–H and O–H groups in total. The molecule has 2 heterocycles. The number of amides is 1. The lowest BCUT2D eigenvalue weighted by Crippen LogP contribution is -2.81. The van der Waals surface area contributed by atoms with Crippen LogP contribution in [0.5, 0.6) is 11.5 Å². The molecule has 2 aromatic carbocycles. The smallest absolute Gasteiger partial charge is 0.226 e. The van der Waals surface area contributed by atoms with Crippen LogP contribution < -0.4 is 14.8 Å². The molecule has 5 aliphatic carbocycles. The minimum Gasteiger partial charge on any atom is -0.493 e. The Bertz CT molecular complexity index is 1280. The number of nitrogens with zero attached hydrogens (tertiary/aromatic N) is 1. The Morgan fingerprint density at radius 3 is 2.78 bits per heavy atom. The van der Waals surface area contributed by atoms with Gasteiger partial charge in [-0.1, -0.05) is 36.4 Å². The quantitative estimate of drug-likeness (QED) is 0.635. The van der Waals surface area contributed by atoms with Gasteiger partial charge >= 0.3 is 0 Å². The molecule has 0 radical (unpaired) electrons. The number of rotatable bonds is 6. The first-order valence-corrected chi connectivity index (χ1v) is 14.2. The van der Waals surface area contributed by atoms with E-state index in [1.54, 1.807) is 7.11 Å². The van der Waals surface area contributed by atoms with E-state index in [0.29, 0.717) is 19.0 Å². The second-order valence-corrected chi connectivity index (χ2v) is 12.6. The largest absolute Gasteiger partial charge is 0.493 e. The first-order valence-electron chi connectivity index (χ1n) is 14.2. The van der Waals surface area contributed by atoms with Crippen LogP contribution in [0, 0.1) is 17.3 Å². The second-order valence-electron chi connectivity index (χ2n) is 12.6. The highest BCUT2D eigenvalue weighted by atomic mass is 16.5. The molecule has 9 rings (SSSR count). The molecule has 4 saturated carbocycles. The van der Waals surface area contributed by atoms with Crippen molar-refractivity contribution in [2.24, 2.45) is 17.3 Å². The number of benzene rings is 2. The Morgan fingerprint density at radius 1 is 1.16 bits per heavy atom. The van der Waals surface area contributed by atoms with Crippen molar-refractivity contribution in [1.29, 1.82) is 0 Å². The molecule has 37 heavy (non-hydrogen) atoms. The summed E-state index contributed by atoms with van der Waals surface area (Å²) in [6.45, 7) is 2.69. The number of hydrogen-bond acceptors (Lipinski definition) is 5. The fourth-order valence-corrected chi connectivity index (χ4v) is 9.43. The van der Waals surface area contributed by atoms with Crippen LogP contribution in [0.25, 0.3) is 0 Å². The molecule has 5 fully saturated rings. The summed E-state index contributed by atoms with van der Waals surface area (Å²) in [7, 11) is 1.70. The number of methoxy groups -OCH3 is 1. The summed E-state index contributed by atoms with van der Waals surface area (Å²) in [5, 5.41) is 15.7. The molecular weight excluding hydrogens is 464 g/mol. The summed E-state index contributed by atoms with van der Waals surface area (Å²) in [6.07, 6.45) is 6.54. The highest BCUT2D eigenvalue weighted by Gasteiger charge is 2.81. The van der Waals surface area contributed by atoms with Gasteiger partial charge in [0.05, 0.1) is 13.0 Å². The maximum absolute atomic E-state index is 13.8. The van der Waals surface area contributed by atoms with Crippen LogP contribution in [-0.4, -0.2) is 53.9 Å². The van der Waals surface area contributed by atoms with Gasteiger partial charge in [0, 0.05) is 35.5 Å². The van der Waals surface area contributed by atoms with Crippen LogP contribution in [0.3, 0.4) is 0 Å². The highest BCUT2D eigenvalue weighted by molar-refractivity contribution is 5.81. The molecule has 6 heteroatoms. The predicted molar refractivity (Wildman–Crippen MR) is 139 cm³/mol. The summed E-state index contributed by atoms with van der Waals surface area (Å²) in [6, 6.07) is 14.7. The first kappa shape index (κ1) is 22.4. The third-order valence-electron chi connectivity index (χ3n) is 11.1.